The predicted molar refractivity (Wildman–Crippen MR) is 59.0 cm³/mol. The van der Waals surface area contributed by atoms with Gasteiger partial charge >= 0.3 is 0 Å². The van der Waals surface area contributed by atoms with Crippen LogP contribution in [0.3, 0.4) is 0 Å². The number of aromatic nitrogens is 2. The molecule has 1 unspecified atom stereocenters. The van der Waals surface area contributed by atoms with Gasteiger partial charge in [-0.2, -0.15) is 5.10 Å². The van der Waals surface area contributed by atoms with Crippen LogP contribution in [0.4, 0.5) is 0 Å². The lowest BCUT2D eigenvalue weighted by Crippen LogP contribution is -2.26. The van der Waals surface area contributed by atoms with Crippen molar-refractivity contribution >= 4 is 0 Å². The van der Waals surface area contributed by atoms with E-state index < -0.39 is 0 Å². The van der Waals surface area contributed by atoms with Gasteiger partial charge in [-0.15, -0.1) is 0 Å². The Morgan fingerprint density at radius 3 is 2.50 bits per heavy atom. The lowest BCUT2D eigenvalue weighted by Gasteiger charge is -2.26. The maximum atomic E-state index is 6.21. The van der Waals surface area contributed by atoms with Crippen LogP contribution in [0.2, 0.25) is 0 Å². The Morgan fingerprint density at radius 1 is 1.50 bits per heavy atom. The van der Waals surface area contributed by atoms with E-state index in [1.807, 2.05) is 17.9 Å². The maximum Gasteiger partial charge on any atom is 0.0669 e. The number of hydrogen-bond acceptors (Lipinski definition) is 2. The molecule has 0 saturated heterocycles. The van der Waals surface area contributed by atoms with Gasteiger partial charge < -0.3 is 5.73 Å². The van der Waals surface area contributed by atoms with E-state index in [0.29, 0.717) is 0 Å². The molecule has 0 spiro atoms. The Kier molecular flexibility index (Phi) is 3.00. The Labute approximate surface area is 86.3 Å². The standard InChI is InChI=1S/C11H21N3/c1-6-9-8(7-14(5)13-9)10(12)11(2,3)4/h7,10H,6,12H2,1-5H3. The summed E-state index contributed by atoms with van der Waals surface area (Å²) in [5.41, 5.74) is 8.60. The molecular weight excluding hydrogens is 174 g/mol. The van der Waals surface area contributed by atoms with Crippen molar-refractivity contribution in [1.82, 2.24) is 9.78 Å². The summed E-state index contributed by atoms with van der Waals surface area (Å²) in [5, 5.41) is 4.40. The maximum absolute atomic E-state index is 6.21. The number of hydrogen-bond donors (Lipinski definition) is 1. The van der Waals surface area contributed by atoms with Crippen molar-refractivity contribution in [2.75, 3.05) is 0 Å². The molecule has 1 atom stereocenters. The second kappa shape index (κ2) is 3.73. The summed E-state index contributed by atoms with van der Waals surface area (Å²) in [6, 6.07) is 0.0612. The minimum Gasteiger partial charge on any atom is -0.323 e. The van der Waals surface area contributed by atoms with Gasteiger partial charge in [-0.25, -0.2) is 0 Å². The number of nitrogens with zero attached hydrogens (tertiary/aromatic N) is 2. The molecule has 80 valence electrons. The molecule has 0 radical (unpaired) electrons. The highest BCUT2D eigenvalue weighted by Crippen LogP contribution is 2.31. The summed E-state index contributed by atoms with van der Waals surface area (Å²) in [4.78, 5) is 0. The van der Waals surface area contributed by atoms with E-state index in [-0.39, 0.29) is 11.5 Å². The van der Waals surface area contributed by atoms with Crippen LogP contribution in [-0.2, 0) is 13.5 Å². The monoisotopic (exact) mass is 195 g/mol. The summed E-state index contributed by atoms with van der Waals surface area (Å²) in [6.07, 6.45) is 2.98. The van der Waals surface area contributed by atoms with Gasteiger partial charge in [0.05, 0.1) is 5.69 Å². The van der Waals surface area contributed by atoms with Crippen LogP contribution in [0, 0.1) is 5.41 Å². The molecule has 0 bridgehead atoms. The van der Waals surface area contributed by atoms with Crippen LogP contribution in [0.5, 0.6) is 0 Å². The molecule has 2 N–H and O–H groups in total. The smallest absolute Gasteiger partial charge is 0.0669 e. The van der Waals surface area contributed by atoms with Crippen molar-refractivity contribution in [1.29, 1.82) is 0 Å². The van der Waals surface area contributed by atoms with Crippen LogP contribution in [0.1, 0.15) is 45.0 Å². The molecule has 0 aliphatic heterocycles. The highest BCUT2D eigenvalue weighted by Gasteiger charge is 2.25. The summed E-state index contributed by atoms with van der Waals surface area (Å²) in [5.74, 6) is 0. The Hall–Kier alpha value is -0.830. The molecule has 0 amide bonds. The zero-order chi connectivity index (χ0) is 10.9. The van der Waals surface area contributed by atoms with Crippen LogP contribution >= 0.6 is 0 Å². The van der Waals surface area contributed by atoms with Crippen molar-refractivity contribution in [3.63, 3.8) is 0 Å². The second-order valence-corrected chi connectivity index (χ2v) is 4.90. The molecule has 1 heterocycles. The number of rotatable bonds is 2. The molecule has 0 saturated carbocycles. The first-order chi connectivity index (χ1) is 6.36. The molecule has 0 aromatic carbocycles. The fraction of sp³-hybridized carbons (Fsp3) is 0.727. The van der Waals surface area contributed by atoms with Crippen molar-refractivity contribution in [2.45, 2.75) is 40.2 Å². The molecule has 14 heavy (non-hydrogen) atoms. The summed E-state index contributed by atoms with van der Waals surface area (Å²) >= 11 is 0. The lowest BCUT2D eigenvalue weighted by atomic mass is 9.83. The minimum absolute atomic E-state index is 0.0612. The van der Waals surface area contributed by atoms with E-state index >= 15 is 0 Å². The van der Waals surface area contributed by atoms with Gasteiger partial charge in [0.2, 0.25) is 0 Å². The van der Waals surface area contributed by atoms with E-state index in [0.717, 1.165) is 12.1 Å². The zero-order valence-corrected chi connectivity index (χ0v) is 9.83. The summed E-state index contributed by atoms with van der Waals surface area (Å²) in [6.45, 7) is 8.58. The molecule has 0 aliphatic rings. The largest absolute Gasteiger partial charge is 0.323 e. The van der Waals surface area contributed by atoms with Gasteiger partial charge in [-0.1, -0.05) is 27.7 Å². The van der Waals surface area contributed by atoms with Crippen LogP contribution in [0.15, 0.2) is 6.20 Å². The van der Waals surface area contributed by atoms with Gasteiger partial charge in [0.1, 0.15) is 0 Å². The predicted octanol–water partition coefficient (Wildman–Crippen LogP) is 2.03. The number of nitrogens with two attached hydrogens (primary N) is 1. The van der Waals surface area contributed by atoms with Gasteiger partial charge in [0.25, 0.3) is 0 Å². The molecular formula is C11H21N3. The fourth-order valence-electron chi connectivity index (χ4n) is 1.55. The van der Waals surface area contributed by atoms with Gasteiger partial charge in [0, 0.05) is 24.8 Å². The van der Waals surface area contributed by atoms with E-state index in [2.05, 4.69) is 32.8 Å². The normalized spacial score (nSPS) is 14.4. The van der Waals surface area contributed by atoms with Crippen LogP contribution in [-0.4, -0.2) is 9.78 Å². The quantitative estimate of drug-likeness (QED) is 0.784. The SMILES string of the molecule is CCc1nn(C)cc1C(N)C(C)(C)C. The average molecular weight is 195 g/mol. The van der Waals surface area contributed by atoms with Crippen molar-refractivity contribution < 1.29 is 0 Å². The summed E-state index contributed by atoms with van der Waals surface area (Å²) < 4.78 is 1.85. The van der Waals surface area contributed by atoms with Crippen LogP contribution < -0.4 is 5.73 Å². The second-order valence-electron chi connectivity index (χ2n) is 4.90. The van der Waals surface area contributed by atoms with E-state index in [4.69, 9.17) is 5.73 Å². The third kappa shape index (κ3) is 2.15. The highest BCUT2D eigenvalue weighted by atomic mass is 15.3. The van der Waals surface area contributed by atoms with Crippen molar-refractivity contribution in [2.24, 2.45) is 18.2 Å². The average Bonchev–Trinajstić information content (AvgIpc) is 2.43. The first-order valence-electron chi connectivity index (χ1n) is 5.14. The third-order valence-corrected chi connectivity index (χ3v) is 2.54. The first-order valence-corrected chi connectivity index (χ1v) is 5.14. The van der Waals surface area contributed by atoms with Crippen molar-refractivity contribution in [3.8, 4) is 0 Å². The van der Waals surface area contributed by atoms with Gasteiger partial charge in [-0.05, 0) is 11.8 Å². The minimum atomic E-state index is 0.0612. The molecule has 1 rings (SSSR count). The van der Waals surface area contributed by atoms with E-state index in [1.54, 1.807) is 0 Å². The van der Waals surface area contributed by atoms with Crippen LogP contribution in [0.25, 0.3) is 0 Å². The summed E-state index contributed by atoms with van der Waals surface area (Å²) in [7, 11) is 1.94. The molecule has 3 nitrogen and oxygen atoms in total. The molecule has 3 heteroatoms. The van der Waals surface area contributed by atoms with Gasteiger partial charge in [-0.3, -0.25) is 4.68 Å². The van der Waals surface area contributed by atoms with Gasteiger partial charge in [0.15, 0.2) is 0 Å². The topological polar surface area (TPSA) is 43.8 Å². The first kappa shape index (κ1) is 11.2. The fourth-order valence-corrected chi connectivity index (χ4v) is 1.55. The lowest BCUT2D eigenvalue weighted by molar-refractivity contribution is 0.325. The highest BCUT2D eigenvalue weighted by molar-refractivity contribution is 5.22. The molecule has 0 aliphatic carbocycles. The molecule has 0 fully saturated rings. The van der Waals surface area contributed by atoms with Crippen molar-refractivity contribution in [3.05, 3.63) is 17.5 Å². The van der Waals surface area contributed by atoms with E-state index in [9.17, 15) is 0 Å². The van der Waals surface area contributed by atoms with E-state index in [1.165, 1.54) is 5.56 Å². The Balaban J connectivity index is 3.05. The third-order valence-electron chi connectivity index (χ3n) is 2.54. The molecule has 1 aromatic rings. The Bertz CT molecular complexity index is 307. The number of aryl methyl sites for hydroxylation is 2. The molecule has 1 aromatic heterocycles. The zero-order valence-electron chi connectivity index (χ0n) is 9.83. The Morgan fingerprint density at radius 2 is 2.07 bits per heavy atom.